The predicted octanol–water partition coefficient (Wildman–Crippen LogP) is 2.35. The summed E-state index contributed by atoms with van der Waals surface area (Å²) in [5.41, 5.74) is 0. The molecule has 1 atom stereocenters. The SMILES string of the molecule is CCCN1N=CN(C(C)C)C1C(C)C. The second kappa shape index (κ2) is 4.67. The molecule has 1 aliphatic heterocycles. The Labute approximate surface area is 87.8 Å². The standard InChI is InChI=1S/C11H23N3/c1-6-7-14-11(9(2)3)13(8-12-14)10(4)5/h8-11H,6-7H2,1-5H3. The minimum atomic E-state index is 0.454. The van der Waals surface area contributed by atoms with Crippen LogP contribution in [0.3, 0.4) is 0 Å². The summed E-state index contributed by atoms with van der Waals surface area (Å²) in [5.74, 6) is 0.617. The van der Waals surface area contributed by atoms with E-state index in [4.69, 9.17) is 0 Å². The molecule has 3 nitrogen and oxygen atoms in total. The highest BCUT2D eigenvalue weighted by Crippen LogP contribution is 2.22. The van der Waals surface area contributed by atoms with Crippen LogP contribution in [0.15, 0.2) is 5.10 Å². The number of hydrazone groups is 1. The molecular weight excluding hydrogens is 174 g/mol. The predicted molar refractivity (Wildman–Crippen MR) is 61.1 cm³/mol. The van der Waals surface area contributed by atoms with E-state index >= 15 is 0 Å². The second-order valence-corrected chi connectivity index (χ2v) is 4.59. The molecule has 0 aromatic heterocycles. The number of rotatable bonds is 4. The van der Waals surface area contributed by atoms with Gasteiger partial charge in [0, 0.05) is 12.6 Å². The van der Waals surface area contributed by atoms with Gasteiger partial charge in [0.1, 0.15) is 12.5 Å². The number of hydrogen-bond acceptors (Lipinski definition) is 3. The van der Waals surface area contributed by atoms with E-state index < -0.39 is 0 Å². The fourth-order valence-corrected chi connectivity index (χ4v) is 1.96. The van der Waals surface area contributed by atoms with Crippen LogP contribution in [0.2, 0.25) is 0 Å². The molecule has 0 fully saturated rings. The first kappa shape index (κ1) is 11.3. The first-order valence-corrected chi connectivity index (χ1v) is 5.66. The van der Waals surface area contributed by atoms with Gasteiger partial charge >= 0.3 is 0 Å². The average molecular weight is 197 g/mol. The molecule has 0 saturated heterocycles. The maximum absolute atomic E-state index is 4.47. The van der Waals surface area contributed by atoms with Crippen molar-refractivity contribution in [3.05, 3.63) is 0 Å². The van der Waals surface area contributed by atoms with E-state index in [2.05, 4.69) is 49.6 Å². The van der Waals surface area contributed by atoms with Crippen LogP contribution in [0.5, 0.6) is 0 Å². The lowest BCUT2D eigenvalue weighted by molar-refractivity contribution is 0.0734. The zero-order chi connectivity index (χ0) is 10.7. The van der Waals surface area contributed by atoms with Gasteiger partial charge in [0.25, 0.3) is 0 Å². The highest BCUT2D eigenvalue weighted by atomic mass is 15.6. The van der Waals surface area contributed by atoms with Crippen LogP contribution in [-0.2, 0) is 0 Å². The zero-order valence-electron chi connectivity index (χ0n) is 10.1. The van der Waals surface area contributed by atoms with Crippen LogP contribution in [0.4, 0.5) is 0 Å². The lowest BCUT2D eigenvalue weighted by atomic mass is 10.1. The first-order valence-electron chi connectivity index (χ1n) is 5.66. The van der Waals surface area contributed by atoms with Gasteiger partial charge < -0.3 is 4.90 Å². The Balaban J connectivity index is 2.69. The second-order valence-electron chi connectivity index (χ2n) is 4.59. The van der Waals surface area contributed by atoms with Crippen LogP contribution in [0, 0.1) is 5.92 Å². The normalized spacial score (nSPS) is 21.8. The monoisotopic (exact) mass is 197 g/mol. The molecule has 0 bridgehead atoms. The van der Waals surface area contributed by atoms with Gasteiger partial charge in [-0.25, -0.2) is 0 Å². The highest BCUT2D eigenvalue weighted by molar-refractivity contribution is 5.57. The molecule has 1 aliphatic rings. The van der Waals surface area contributed by atoms with Crippen molar-refractivity contribution in [2.75, 3.05) is 6.54 Å². The average Bonchev–Trinajstić information content (AvgIpc) is 2.48. The summed E-state index contributed by atoms with van der Waals surface area (Å²) in [7, 11) is 0. The summed E-state index contributed by atoms with van der Waals surface area (Å²) >= 11 is 0. The zero-order valence-corrected chi connectivity index (χ0v) is 10.1. The van der Waals surface area contributed by atoms with E-state index in [1.807, 2.05) is 6.34 Å². The molecule has 0 saturated carbocycles. The molecule has 0 aromatic carbocycles. The lowest BCUT2D eigenvalue weighted by Crippen LogP contribution is -2.46. The molecule has 0 aromatic rings. The van der Waals surface area contributed by atoms with Crippen molar-refractivity contribution in [3.63, 3.8) is 0 Å². The van der Waals surface area contributed by atoms with Crippen LogP contribution < -0.4 is 0 Å². The highest BCUT2D eigenvalue weighted by Gasteiger charge is 2.31. The molecule has 1 heterocycles. The molecular formula is C11H23N3. The summed E-state index contributed by atoms with van der Waals surface area (Å²) < 4.78 is 0. The summed E-state index contributed by atoms with van der Waals surface area (Å²) in [4.78, 5) is 2.35. The maximum Gasteiger partial charge on any atom is 0.121 e. The van der Waals surface area contributed by atoms with Crippen molar-refractivity contribution in [1.29, 1.82) is 0 Å². The van der Waals surface area contributed by atoms with Crippen molar-refractivity contribution in [3.8, 4) is 0 Å². The Kier molecular flexibility index (Phi) is 3.78. The third-order valence-electron chi connectivity index (χ3n) is 2.59. The minimum Gasteiger partial charge on any atom is -0.337 e. The molecule has 82 valence electrons. The molecule has 0 amide bonds. The van der Waals surface area contributed by atoms with Crippen molar-refractivity contribution < 1.29 is 0 Å². The summed E-state index contributed by atoms with van der Waals surface area (Å²) in [6.07, 6.45) is 3.60. The summed E-state index contributed by atoms with van der Waals surface area (Å²) in [6.45, 7) is 12.2. The van der Waals surface area contributed by atoms with Crippen LogP contribution >= 0.6 is 0 Å². The Bertz CT molecular complexity index is 199. The van der Waals surface area contributed by atoms with Gasteiger partial charge in [0.2, 0.25) is 0 Å². The van der Waals surface area contributed by atoms with Crippen LogP contribution in [0.25, 0.3) is 0 Å². The van der Waals surface area contributed by atoms with Gasteiger partial charge in [-0.15, -0.1) is 0 Å². The van der Waals surface area contributed by atoms with Crippen molar-refractivity contribution in [2.24, 2.45) is 11.0 Å². The van der Waals surface area contributed by atoms with Crippen molar-refractivity contribution in [2.45, 2.75) is 53.2 Å². The quantitative estimate of drug-likeness (QED) is 0.689. The van der Waals surface area contributed by atoms with E-state index in [1.54, 1.807) is 0 Å². The van der Waals surface area contributed by atoms with E-state index in [1.165, 1.54) is 0 Å². The van der Waals surface area contributed by atoms with Gasteiger partial charge in [-0.1, -0.05) is 20.8 Å². The fraction of sp³-hybridized carbons (Fsp3) is 0.909. The molecule has 0 aliphatic carbocycles. The van der Waals surface area contributed by atoms with Crippen molar-refractivity contribution >= 4 is 6.34 Å². The van der Waals surface area contributed by atoms with Crippen molar-refractivity contribution in [1.82, 2.24) is 9.91 Å². The molecule has 0 radical (unpaired) electrons. The third-order valence-corrected chi connectivity index (χ3v) is 2.59. The van der Waals surface area contributed by atoms with Gasteiger partial charge in [-0.2, -0.15) is 5.10 Å². The van der Waals surface area contributed by atoms with Gasteiger partial charge in [-0.05, 0) is 26.2 Å². The van der Waals surface area contributed by atoms with Gasteiger partial charge in [0.15, 0.2) is 0 Å². The topological polar surface area (TPSA) is 18.8 Å². The largest absolute Gasteiger partial charge is 0.337 e. The molecule has 0 N–H and O–H groups in total. The Hall–Kier alpha value is -0.730. The van der Waals surface area contributed by atoms with E-state index in [9.17, 15) is 0 Å². The third kappa shape index (κ3) is 2.20. The smallest absolute Gasteiger partial charge is 0.121 e. The summed E-state index contributed by atoms with van der Waals surface area (Å²) in [6, 6.07) is 0.535. The summed E-state index contributed by atoms with van der Waals surface area (Å²) in [5, 5.41) is 6.68. The minimum absolute atomic E-state index is 0.454. The number of nitrogens with zero attached hydrogens (tertiary/aromatic N) is 3. The van der Waals surface area contributed by atoms with Crippen LogP contribution in [-0.4, -0.2) is 35.0 Å². The number of hydrogen-bond donors (Lipinski definition) is 0. The lowest BCUT2D eigenvalue weighted by Gasteiger charge is -2.35. The Morgan fingerprint density at radius 3 is 2.36 bits per heavy atom. The Morgan fingerprint density at radius 1 is 1.29 bits per heavy atom. The maximum atomic E-state index is 4.47. The molecule has 1 unspecified atom stereocenters. The van der Waals surface area contributed by atoms with Gasteiger partial charge in [-0.3, -0.25) is 5.01 Å². The molecule has 14 heavy (non-hydrogen) atoms. The molecule has 3 heteroatoms. The Morgan fingerprint density at radius 2 is 1.93 bits per heavy atom. The van der Waals surface area contributed by atoms with Gasteiger partial charge in [0.05, 0.1) is 0 Å². The first-order chi connectivity index (χ1) is 6.57. The molecule has 0 spiro atoms. The van der Waals surface area contributed by atoms with E-state index in [-0.39, 0.29) is 0 Å². The van der Waals surface area contributed by atoms with Crippen LogP contribution in [0.1, 0.15) is 41.0 Å². The van der Waals surface area contributed by atoms with E-state index in [0.29, 0.717) is 18.1 Å². The fourth-order valence-electron chi connectivity index (χ4n) is 1.96. The van der Waals surface area contributed by atoms with E-state index in [0.717, 1.165) is 13.0 Å². The molecule has 1 rings (SSSR count).